The molecule has 0 spiro atoms. The van der Waals surface area contributed by atoms with E-state index in [2.05, 4.69) is 33.2 Å². The number of Topliss-reactive ketones (excluding diaryl/α,β-unsaturated/α-hetero) is 1. The van der Waals surface area contributed by atoms with E-state index in [-0.39, 0.29) is 28.2 Å². The zero-order valence-corrected chi connectivity index (χ0v) is 15.4. The van der Waals surface area contributed by atoms with Crippen LogP contribution in [0.5, 0.6) is 0 Å². The Kier molecular flexibility index (Phi) is 7.94. The topological polar surface area (TPSA) is 58.6 Å². The number of hydroxylamine groups is 1. The molecular weight excluding hydrogens is 298 g/mol. The van der Waals surface area contributed by atoms with Gasteiger partial charge in [-0.25, -0.2) is 0 Å². The summed E-state index contributed by atoms with van der Waals surface area (Å²) in [6, 6.07) is -0.208. The van der Waals surface area contributed by atoms with Crippen molar-refractivity contribution in [2.24, 2.45) is 5.92 Å². The average molecular weight is 330 g/mol. The van der Waals surface area contributed by atoms with Crippen LogP contribution in [-0.4, -0.2) is 34.0 Å². The molecule has 0 bridgehead atoms. The Bertz CT molecular complexity index is 407. The van der Waals surface area contributed by atoms with Gasteiger partial charge in [0, 0.05) is 17.6 Å². The molecule has 128 valence electrons. The van der Waals surface area contributed by atoms with E-state index < -0.39 is 0 Å². The van der Waals surface area contributed by atoms with Gasteiger partial charge < -0.3 is 9.94 Å². The molecule has 0 aromatic rings. The van der Waals surface area contributed by atoms with Gasteiger partial charge in [-0.15, -0.1) is 0 Å². The van der Waals surface area contributed by atoms with Crippen LogP contribution in [-0.2, 0) is 9.63 Å². The first-order valence-electron chi connectivity index (χ1n) is 8.33. The lowest BCUT2D eigenvalue weighted by atomic mass is 9.78. The molecule has 0 aliphatic heterocycles. The molecule has 0 aromatic heterocycles. The standard InChI is InChI=1S/C17H31NO3S/c1-6-9-13(18-21-7-2)16-14(19)10-12(11-15(16)20)17(4,5)22-8-3/h12-13,18-19H,6-11H2,1-5H3. The third-order valence-corrected chi connectivity index (χ3v) is 5.64. The van der Waals surface area contributed by atoms with E-state index in [1.165, 1.54) is 0 Å². The van der Waals surface area contributed by atoms with Crippen LogP contribution in [0.1, 0.15) is 60.3 Å². The molecule has 0 fully saturated rings. The van der Waals surface area contributed by atoms with Gasteiger partial charge in [-0.2, -0.15) is 17.2 Å². The average Bonchev–Trinajstić information content (AvgIpc) is 2.43. The maximum absolute atomic E-state index is 12.6. The van der Waals surface area contributed by atoms with Crippen molar-refractivity contribution in [1.29, 1.82) is 0 Å². The fourth-order valence-corrected chi connectivity index (χ4v) is 4.17. The lowest BCUT2D eigenvalue weighted by molar-refractivity contribution is -0.118. The van der Waals surface area contributed by atoms with E-state index >= 15 is 0 Å². The van der Waals surface area contributed by atoms with Crippen molar-refractivity contribution in [3.8, 4) is 0 Å². The number of rotatable bonds is 9. The van der Waals surface area contributed by atoms with Crippen LogP contribution in [0.25, 0.3) is 0 Å². The molecule has 22 heavy (non-hydrogen) atoms. The minimum Gasteiger partial charge on any atom is -0.512 e. The van der Waals surface area contributed by atoms with Gasteiger partial charge in [0.1, 0.15) is 5.76 Å². The second-order valence-electron chi connectivity index (χ2n) is 6.32. The Balaban J connectivity index is 2.94. The highest BCUT2D eigenvalue weighted by atomic mass is 32.2. The number of carbonyl (C=O) groups is 1. The molecule has 0 heterocycles. The highest BCUT2D eigenvalue weighted by molar-refractivity contribution is 8.00. The monoisotopic (exact) mass is 329 g/mol. The molecule has 2 atom stereocenters. The van der Waals surface area contributed by atoms with Crippen LogP contribution in [0.2, 0.25) is 0 Å². The summed E-state index contributed by atoms with van der Waals surface area (Å²) in [6.45, 7) is 11.0. The lowest BCUT2D eigenvalue weighted by Crippen LogP contribution is -2.40. The van der Waals surface area contributed by atoms with Gasteiger partial charge in [0.05, 0.1) is 18.2 Å². The van der Waals surface area contributed by atoms with Crippen molar-refractivity contribution in [3.05, 3.63) is 11.3 Å². The second kappa shape index (κ2) is 8.94. The van der Waals surface area contributed by atoms with E-state index in [0.717, 1.165) is 18.6 Å². The molecule has 2 unspecified atom stereocenters. The van der Waals surface area contributed by atoms with Gasteiger partial charge in [0.2, 0.25) is 0 Å². The maximum Gasteiger partial charge on any atom is 0.164 e. The molecule has 0 saturated heterocycles. The Hall–Kier alpha value is -0.520. The summed E-state index contributed by atoms with van der Waals surface area (Å²) in [5.74, 6) is 1.50. The Morgan fingerprint density at radius 3 is 2.55 bits per heavy atom. The highest BCUT2D eigenvalue weighted by Crippen LogP contribution is 2.41. The molecule has 4 nitrogen and oxygen atoms in total. The lowest BCUT2D eigenvalue weighted by Gasteiger charge is -2.37. The number of hydrogen-bond acceptors (Lipinski definition) is 5. The van der Waals surface area contributed by atoms with Crippen molar-refractivity contribution in [1.82, 2.24) is 5.48 Å². The van der Waals surface area contributed by atoms with E-state index in [1.54, 1.807) is 0 Å². The summed E-state index contributed by atoms with van der Waals surface area (Å²) in [5.41, 5.74) is 3.47. The van der Waals surface area contributed by atoms with Crippen LogP contribution < -0.4 is 5.48 Å². The number of nitrogens with one attached hydrogen (secondary N) is 1. The number of carbonyl (C=O) groups excluding carboxylic acids is 1. The van der Waals surface area contributed by atoms with Crippen LogP contribution in [0.15, 0.2) is 11.3 Å². The molecule has 0 aromatic carbocycles. The number of thioether (sulfide) groups is 1. The summed E-state index contributed by atoms with van der Waals surface area (Å²) < 4.78 is -0.00246. The maximum atomic E-state index is 12.6. The molecule has 1 aliphatic rings. The molecule has 0 radical (unpaired) electrons. The number of ketones is 1. The summed E-state index contributed by atoms with van der Waals surface area (Å²) in [6.07, 6.45) is 2.79. The summed E-state index contributed by atoms with van der Waals surface area (Å²) in [4.78, 5) is 17.9. The number of aliphatic hydroxyl groups is 1. The minimum absolute atomic E-state index is 0.00246. The van der Waals surface area contributed by atoms with Gasteiger partial charge in [-0.1, -0.05) is 34.1 Å². The molecule has 2 N–H and O–H groups in total. The van der Waals surface area contributed by atoms with Gasteiger partial charge in [-0.3, -0.25) is 4.79 Å². The Labute approximate surface area is 139 Å². The first-order valence-corrected chi connectivity index (χ1v) is 9.32. The van der Waals surface area contributed by atoms with Crippen molar-refractivity contribution in [3.63, 3.8) is 0 Å². The molecular formula is C17H31NO3S. The number of hydrogen-bond donors (Lipinski definition) is 2. The fourth-order valence-electron chi connectivity index (χ4n) is 3.02. The van der Waals surface area contributed by atoms with Gasteiger partial charge >= 0.3 is 0 Å². The van der Waals surface area contributed by atoms with E-state index in [4.69, 9.17) is 4.84 Å². The van der Waals surface area contributed by atoms with Crippen LogP contribution in [0, 0.1) is 5.92 Å². The largest absolute Gasteiger partial charge is 0.512 e. The van der Waals surface area contributed by atoms with Gasteiger partial charge in [0.25, 0.3) is 0 Å². The van der Waals surface area contributed by atoms with E-state index in [0.29, 0.717) is 25.0 Å². The predicted octanol–water partition coefficient (Wildman–Crippen LogP) is 4.02. The molecule has 0 saturated carbocycles. The third-order valence-electron chi connectivity index (χ3n) is 4.28. The zero-order valence-electron chi connectivity index (χ0n) is 14.6. The van der Waals surface area contributed by atoms with Crippen molar-refractivity contribution in [2.75, 3.05) is 12.4 Å². The number of allylic oxidation sites excluding steroid dienone is 1. The third kappa shape index (κ3) is 5.00. The van der Waals surface area contributed by atoms with Crippen molar-refractivity contribution in [2.45, 2.75) is 71.1 Å². The first-order chi connectivity index (χ1) is 10.4. The van der Waals surface area contributed by atoms with E-state index in [1.807, 2.05) is 18.7 Å². The van der Waals surface area contributed by atoms with Crippen molar-refractivity contribution < 1.29 is 14.7 Å². The zero-order chi connectivity index (χ0) is 16.8. The predicted molar refractivity (Wildman–Crippen MR) is 93.1 cm³/mol. The van der Waals surface area contributed by atoms with Crippen LogP contribution in [0.4, 0.5) is 0 Å². The molecule has 0 amide bonds. The minimum atomic E-state index is -0.208. The summed E-state index contributed by atoms with van der Waals surface area (Å²) in [7, 11) is 0. The molecule has 5 heteroatoms. The normalized spacial score (nSPS) is 21.3. The smallest absolute Gasteiger partial charge is 0.164 e. The quantitative estimate of drug-likeness (QED) is 0.626. The summed E-state index contributed by atoms with van der Waals surface area (Å²) >= 11 is 1.85. The van der Waals surface area contributed by atoms with Crippen LogP contribution in [0.3, 0.4) is 0 Å². The highest BCUT2D eigenvalue weighted by Gasteiger charge is 2.39. The van der Waals surface area contributed by atoms with E-state index in [9.17, 15) is 9.90 Å². The molecule has 1 rings (SSSR count). The SMILES string of the molecule is CCCC(NOCC)C1=C(O)CC(C(C)(C)SCC)CC1=O. The summed E-state index contributed by atoms with van der Waals surface area (Å²) in [5, 5.41) is 10.5. The number of aliphatic hydroxyl groups excluding tert-OH is 1. The van der Waals surface area contributed by atoms with Gasteiger partial charge in [-0.05, 0) is 25.0 Å². The van der Waals surface area contributed by atoms with Crippen molar-refractivity contribution >= 4 is 17.5 Å². The fraction of sp³-hybridized carbons (Fsp3) is 0.824. The van der Waals surface area contributed by atoms with Crippen LogP contribution >= 0.6 is 11.8 Å². The Morgan fingerprint density at radius 2 is 2.05 bits per heavy atom. The second-order valence-corrected chi connectivity index (χ2v) is 8.24. The first kappa shape index (κ1) is 19.5. The van der Waals surface area contributed by atoms with Gasteiger partial charge in [0.15, 0.2) is 5.78 Å². The molecule has 1 aliphatic carbocycles. The Morgan fingerprint density at radius 1 is 1.36 bits per heavy atom.